The number of nitro benzene ring substituents is 1. The number of nitrogens with zero attached hydrogens (tertiary/aromatic N) is 2. The van der Waals surface area contributed by atoms with Crippen LogP contribution in [0.4, 0.5) is 11.4 Å². The first-order valence-electron chi connectivity index (χ1n) is 8.97. The number of anilines is 1. The molecule has 1 aliphatic heterocycles. The van der Waals surface area contributed by atoms with Gasteiger partial charge < -0.3 is 14.4 Å². The Labute approximate surface area is 161 Å². The molecule has 0 bridgehead atoms. The van der Waals surface area contributed by atoms with Crippen molar-refractivity contribution in [2.24, 2.45) is 0 Å². The summed E-state index contributed by atoms with van der Waals surface area (Å²) in [7, 11) is 0. The van der Waals surface area contributed by atoms with Crippen LogP contribution in [0.3, 0.4) is 0 Å². The average molecular weight is 384 g/mol. The molecule has 0 N–H and O–H groups in total. The summed E-state index contributed by atoms with van der Waals surface area (Å²) < 4.78 is 10.7. The molecule has 146 valence electrons. The maximum absolute atomic E-state index is 12.8. The number of rotatable bonds is 6. The SMILES string of the molecule is CCOC(=O)c1ccc(CN2C(=O)C(CC)Oc3ccc([N+](=O)[O-])cc32)cc1. The van der Waals surface area contributed by atoms with E-state index in [0.717, 1.165) is 5.56 Å². The van der Waals surface area contributed by atoms with Crippen LogP contribution in [0.5, 0.6) is 5.75 Å². The van der Waals surface area contributed by atoms with Gasteiger partial charge in [-0.15, -0.1) is 0 Å². The molecule has 1 atom stereocenters. The van der Waals surface area contributed by atoms with Crippen molar-refractivity contribution in [1.29, 1.82) is 0 Å². The molecule has 2 aromatic rings. The Morgan fingerprint density at radius 3 is 2.54 bits per heavy atom. The first-order valence-corrected chi connectivity index (χ1v) is 8.97. The van der Waals surface area contributed by atoms with E-state index in [4.69, 9.17) is 9.47 Å². The Bertz CT molecular complexity index is 909. The number of amides is 1. The molecule has 0 saturated heterocycles. The van der Waals surface area contributed by atoms with Crippen molar-refractivity contribution in [3.05, 3.63) is 63.7 Å². The summed E-state index contributed by atoms with van der Waals surface area (Å²) in [6.07, 6.45) is -0.166. The molecule has 0 fully saturated rings. The lowest BCUT2D eigenvalue weighted by molar-refractivity contribution is -0.384. The van der Waals surface area contributed by atoms with Crippen molar-refractivity contribution in [3.8, 4) is 5.75 Å². The number of carbonyl (C=O) groups is 2. The zero-order chi connectivity index (χ0) is 20.3. The van der Waals surface area contributed by atoms with Crippen LogP contribution in [-0.4, -0.2) is 29.5 Å². The lowest BCUT2D eigenvalue weighted by Crippen LogP contribution is -2.45. The van der Waals surface area contributed by atoms with E-state index in [1.165, 1.54) is 23.1 Å². The normalized spacial score (nSPS) is 15.6. The maximum atomic E-state index is 12.8. The van der Waals surface area contributed by atoms with Gasteiger partial charge in [-0.05, 0) is 37.1 Å². The molecule has 1 aliphatic rings. The predicted molar refractivity (Wildman–Crippen MR) is 101 cm³/mol. The highest BCUT2D eigenvalue weighted by molar-refractivity contribution is 6.00. The molecule has 0 spiro atoms. The van der Waals surface area contributed by atoms with Crippen LogP contribution in [0.15, 0.2) is 42.5 Å². The molecule has 1 amide bonds. The molecule has 8 heteroatoms. The molecule has 0 aliphatic carbocycles. The topological polar surface area (TPSA) is 99.0 Å². The fourth-order valence-electron chi connectivity index (χ4n) is 2.99. The van der Waals surface area contributed by atoms with Gasteiger partial charge >= 0.3 is 5.97 Å². The summed E-state index contributed by atoms with van der Waals surface area (Å²) >= 11 is 0. The van der Waals surface area contributed by atoms with E-state index in [1.54, 1.807) is 31.2 Å². The smallest absolute Gasteiger partial charge is 0.338 e. The van der Waals surface area contributed by atoms with E-state index < -0.39 is 17.0 Å². The third-order valence-electron chi connectivity index (χ3n) is 4.43. The van der Waals surface area contributed by atoms with Gasteiger partial charge in [0, 0.05) is 12.1 Å². The fraction of sp³-hybridized carbons (Fsp3) is 0.300. The molecule has 28 heavy (non-hydrogen) atoms. The van der Waals surface area contributed by atoms with E-state index in [2.05, 4.69) is 0 Å². The third-order valence-corrected chi connectivity index (χ3v) is 4.43. The van der Waals surface area contributed by atoms with Crippen molar-refractivity contribution in [1.82, 2.24) is 0 Å². The molecule has 0 aromatic heterocycles. The molecule has 0 radical (unpaired) electrons. The highest BCUT2D eigenvalue weighted by Crippen LogP contribution is 2.38. The Morgan fingerprint density at radius 1 is 1.21 bits per heavy atom. The number of hydrogen-bond donors (Lipinski definition) is 0. The third kappa shape index (κ3) is 3.80. The van der Waals surface area contributed by atoms with Crippen LogP contribution in [0, 0.1) is 10.1 Å². The van der Waals surface area contributed by atoms with Gasteiger partial charge in [0.1, 0.15) is 5.75 Å². The second kappa shape index (κ2) is 8.08. The number of carbonyl (C=O) groups excluding carboxylic acids is 2. The monoisotopic (exact) mass is 384 g/mol. The Balaban J connectivity index is 1.91. The highest BCUT2D eigenvalue weighted by atomic mass is 16.6. The summed E-state index contributed by atoms with van der Waals surface area (Å²) in [5.41, 5.74) is 1.43. The minimum atomic E-state index is -0.646. The van der Waals surface area contributed by atoms with Crippen molar-refractivity contribution >= 4 is 23.3 Å². The van der Waals surface area contributed by atoms with E-state index in [0.29, 0.717) is 23.4 Å². The van der Waals surface area contributed by atoms with Crippen LogP contribution < -0.4 is 9.64 Å². The number of nitro groups is 1. The number of esters is 1. The molecule has 1 heterocycles. The molecular formula is C20H20N2O6. The van der Waals surface area contributed by atoms with Gasteiger partial charge in [0.05, 0.1) is 29.3 Å². The van der Waals surface area contributed by atoms with Crippen molar-refractivity contribution in [2.45, 2.75) is 32.9 Å². The molecule has 3 rings (SSSR count). The van der Waals surface area contributed by atoms with E-state index in [1.807, 2.05) is 6.92 Å². The zero-order valence-corrected chi connectivity index (χ0v) is 15.6. The highest BCUT2D eigenvalue weighted by Gasteiger charge is 2.34. The minimum Gasteiger partial charge on any atom is -0.478 e. The standard InChI is InChI=1S/C20H20N2O6/c1-3-17-19(23)21(16-11-15(22(25)26)9-10-18(16)28-17)12-13-5-7-14(8-6-13)20(24)27-4-2/h5-11,17H,3-4,12H2,1-2H3. The largest absolute Gasteiger partial charge is 0.478 e. The molecule has 8 nitrogen and oxygen atoms in total. The number of fused-ring (bicyclic) bond motifs is 1. The summed E-state index contributed by atoms with van der Waals surface area (Å²) in [6, 6.07) is 10.9. The van der Waals surface area contributed by atoms with Gasteiger partial charge in [0.2, 0.25) is 0 Å². The molecular weight excluding hydrogens is 364 g/mol. The van der Waals surface area contributed by atoms with Crippen molar-refractivity contribution in [3.63, 3.8) is 0 Å². The second-order valence-corrected chi connectivity index (χ2v) is 6.27. The molecule has 1 unspecified atom stereocenters. The van der Waals surface area contributed by atoms with Gasteiger partial charge in [-0.3, -0.25) is 14.9 Å². The lowest BCUT2D eigenvalue weighted by atomic mass is 10.1. The first kappa shape index (κ1) is 19.3. The van der Waals surface area contributed by atoms with E-state index >= 15 is 0 Å². The van der Waals surface area contributed by atoms with Gasteiger partial charge in [0.15, 0.2) is 6.10 Å². The number of non-ortho nitro benzene ring substituents is 1. The van der Waals surface area contributed by atoms with Gasteiger partial charge in [-0.25, -0.2) is 4.79 Å². The number of ether oxygens (including phenoxy) is 2. The van der Waals surface area contributed by atoms with Gasteiger partial charge in [-0.1, -0.05) is 19.1 Å². The van der Waals surface area contributed by atoms with E-state index in [9.17, 15) is 19.7 Å². The fourth-order valence-corrected chi connectivity index (χ4v) is 2.99. The zero-order valence-electron chi connectivity index (χ0n) is 15.6. The summed E-state index contributed by atoms with van der Waals surface area (Å²) in [4.78, 5) is 36.7. The van der Waals surface area contributed by atoms with E-state index in [-0.39, 0.29) is 24.7 Å². The maximum Gasteiger partial charge on any atom is 0.338 e. The van der Waals surface area contributed by atoms with Crippen molar-refractivity contribution < 1.29 is 24.0 Å². The van der Waals surface area contributed by atoms with Crippen LogP contribution in [0.25, 0.3) is 0 Å². The van der Waals surface area contributed by atoms with Crippen molar-refractivity contribution in [2.75, 3.05) is 11.5 Å². The second-order valence-electron chi connectivity index (χ2n) is 6.27. The summed E-state index contributed by atoms with van der Waals surface area (Å²) in [5, 5.41) is 11.1. The van der Waals surface area contributed by atoms with Crippen LogP contribution in [-0.2, 0) is 16.1 Å². The minimum absolute atomic E-state index is 0.118. The molecule has 2 aromatic carbocycles. The number of hydrogen-bond acceptors (Lipinski definition) is 6. The lowest BCUT2D eigenvalue weighted by Gasteiger charge is -2.34. The predicted octanol–water partition coefficient (Wildman–Crippen LogP) is 3.48. The average Bonchev–Trinajstić information content (AvgIpc) is 2.70. The Hall–Kier alpha value is -3.42. The van der Waals surface area contributed by atoms with Crippen LogP contribution in [0.1, 0.15) is 36.2 Å². The summed E-state index contributed by atoms with van der Waals surface area (Å²) in [5.74, 6) is -0.242. The summed E-state index contributed by atoms with van der Waals surface area (Å²) in [6.45, 7) is 4.06. The Morgan fingerprint density at radius 2 is 1.93 bits per heavy atom. The quantitative estimate of drug-likeness (QED) is 0.430. The van der Waals surface area contributed by atoms with Crippen LogP contribution >= 0.6 is 0 Å². The van der Waals surface area contributed by atoms with Crippen LogP contribution in [0.2, 0.25) is 0 Å². The van der Waals surface area contributed by atoms with Gasteiger partial charge in [-0.2, -0.15) is 0 Å². The molecule has 0 saturated carbocycles. The Kier molecular flexibility index (Phi) is 5.58. The first-order chi connectivity index (χ1) is 13.4. The number of benzene rings is 2. The van der Waals surface area contributed by atoms with Gasteiger partial charge in [0.25, 0.3) is 11.6 Å².